The molecule has 0 fully saturated rings. The molecule has 0 aliphatic heterocycles. The Balaban J connectivity index is 1.63. The van der Waals surface area contributed by atoms with Crippen molar-refractivity contribution in [2.45, 2.75) is 19.5 Å². The Bertz CT molecular complexity index is 963. The second-order valence-corrected chi connectivity index (χ2v) is 6.11. The van der Waals surface area contributed by atoms with Crippen LogP contribution < -0.4 is 10.6 Å². The van der Waals surface area contributed by atoms with Crippen LogP contribution in [0.5, 0.6) is 0 Å². The van der Waals surface area contributed by atoms with Gasteiger partial charge in [0.05, 0.1) is 13.1 Å². The monoisotopic (exact) mass is 363 g/mol. The summed E-state index contributed by atoms with van der Waals surface area (Å²) in [7, 11) is 0. The third kappa shape index (κ3) is 4.04. The van der Waals surface area contributed by atoms with E-state index >= 15 is 0 Å². The van der Waals surface area contributed by atoms with Gasteiger partial charge in [0.15, 0.2) is 0 Å². The third-order valence-corrected chi connectivity index (χ3v) is 4.32. The maximum atomic E-state index is 11.9. The number of benzene rings is 2. The summed E-state index contributed by atoms with van der Waals surface area (Å²) in [6, 6.07) is 15.5. The highest BCUT2D eigenvalue weighted by Crippen LogP contribution is 2.28. The minimum atomic E-state index is -0.723. The molecule has 0 spiro atoms. The molecular weight excluding hydrogens is 342 g/mol. The Morgan fingerprint density at radius 3 is 2.30 bits per heavy atom. The number of nitrogens with zero attached hydrogens (tertiary/aromatic N) is 1. The van der Waals surface area contributed by atoms with Crippen LogP contribution in [0.2, 0.25) is 0 Å². The molecule has 3 rings (SSSR count). The first-order valence-corrected chi connectivity index (χ1v) is 8.72. The molecule has 27 heavy (non-hydrogen) atoms. The normalized spacial score (nSPS) is 11.7. The number of para-hydroxylation sites is 2. The number of amides is 2. The summed E-state index contributed by atoms with van der Waals surface area (Å²) in [5.41, 5.74) is 2.18. The van der Waals surface area contributed by atoms with Gasteiger partial charge in [0, 0.05) is 21.8 Å². The lowest BCUT2D eigenvalue weighted by atomic mass is 10.2. The fourth-order valence-corrected chi connectivity index (χ4v) is 3.05. The second kappa shape index (κ2) is 8.28. The second-order valence-electron chi connectivity index (χ2n) is 6.11. The number of hydrogen-bond donors (Lipinski definition) is 2. The molecular formula is C21H21N3O3. The fourth-order valence-electron chi connectivity index (χ4n) is 3.05. The SMILES string of the molecule is C#CCNC(=O)[C@H](C)NC(=O)OCCn1c2ccccc2c2ccccc21. The highest BCUT2D eigenvalue weighted by atomic mass is 16.5. The van der Waals surface area contributed by atoms with Gasteiger partial charge in [0.2, 0.25) is 5.91 Å². The summed E-state index contributed by atoms with van der Waals surface area (Å²) in [6.07, 6.45) is 4.45. The van der Waals surface area contributed by atoms with E-state index in [9.17, 15) is 9.59 Å². The zero-order valence-electron chi connectivity index (χ0n) is 15.1. The standard InChI is InChI=1S/C21H21N3O3/c1-3-12-22-20(25)15(2)23-21(26)27-14-13-24-18-10-6-4-8-16(18)17-9-5-7-11-19(17)24/h1,4-11,15H,12-14H2,2H3,(H,22,25)(H,23,26)/t15-/m0/s1. The summed E-state index contributed by atoms with van der Waals surface area (Å²) >= 11 is 0. The van der Waals surface area contributed by atoms with Crippen LogP contribution in [0.1, 0.15) is 6.92 Å². The van der Waals surface area contributed by atoms with Crippen molar-refractivity contribution in [2.75, 3.05) is 13.2 Å². The van der Waals surface area contributed by atoms with Crippen LogP contribution in [-0.4, -0.2) is 35.8 Å². The molecule has 1 heterocycles. The van der Waals surface area contributed by atoms with Crippen LogP contribution in [0.4, 0.5) is 4.79 Å². The number of alkyl carbamates (subject to hydrolysis) is 1. The predicted molar refractivity (Wildman–Crippen MR) is 105 cm³/mol. The Labute approximate surface area is 157 Å². The number of hydrogen-bond acceptors (Lipinski definition) is 3. The molecule has 2 amide bonds. The van der Waals surface area contributed by atoms with E-state index in [1.165, 1.54) is 0 Å². The summed E-state index contributed by atoms with van der Waals surface area (Å²) < 4.78 is 7.37. The third-order valence-electron chi connectivity index (χ3n) is 4.32. The van der Waals surface area contributed by atoms with E-state index in [-0.39, 0.29) is 19.1 Å². The van der Waals surface area contributed by atoms with E-state index in [0.717, 1.165) is 21.8 Å². The molecule has 0 radical (unpaired) electrons. The van der Waals surface area contributed by atoms with Gasteiger partial charge in [-0.3, -0.25) is 4.79 Å². The van der Waals surface area contributed by atoms with Gasteiger partial charge in [0.1, 0.15) is 12.6 Å². The lowest BCUT2D eigenvalue weighted by molar-refractivity contribution is -0.122. The predicted octanol–water partition coefficient (Wildman–Crippen LogP) is 2.66. The van der Waals surface area contributed by atoms with Crippen LogP contribution in [0.3, 0.4) is 0 Å². The zero-order chi connectivity index (χ0) is 19.2. The van der Waals surface area contributed by atoms with E-state index in [0.29, 0.717) is 6.54 Å². The number of aromatic nitrogens is 1. The number of carbonyl (C=O) groups excluding carboxylic acids is 2. The number of carbonyl (C=O) groups is 2. The van der Waals surface area contributed by atoms with Gasteiger partial charge < -0.3 is 19.9 Å². The molecule has 6 heteroatoms. The average Bonchev–Trinajstić information content (AvgIpc) is 3.00. The quantitative estimate of drug-likeness (QED) is 0.662. The van der Waals surface area contributed by atoms with Crippen molar-refractivity contribution in [3.8, 4) is 12.3 Å². The van der Waals surface area contributed by atoms with E-state index in [2.05, 4.69) is 33.3 Å². The largest absolute Gasteiger partial charge is 0.448 e. The topological polar surface area (TPSA) is 72.4 Å². The van der Waals surface area contributed by atoms with Gasteiger partial charge in [-0.1, -0.05) is 42.3 Å². The van der Waals surface area contributed by atoms with E-state index < -0.39 is 12.1 Å². The zero-order valence-corrected chi connectivity index (χ0v) is 15.1. The molecule has 0 unspecified atom stereocenters. The molecule has 138 valence electrons. The van der Waals surface area contributed by atoms with Gasteiger partial charge in [-0.15, -0.1) is 6.42 Å². The van der Waals surface area contributed by atoms with Gasteiger partial charge >= 0.3 is 6.09 Å². The Morgan fingerprint density at radius 2 is 1.70 bits per heavy atom. The summed E-state index contributed by atoms with van der Waals surface area (Å²) in [6.45, 7) is 2.39. The molecule has 0 aliphatic carbocycles. The molecule has 1 aromatic heterocycles. The number of terminal acetylenes is 1. The van der Waals surface area contributed by atoms with Crippen molar-refractivity contribution in [2.24, 2.45) is 0 Å². The minimum absolute atomic E-state index is 0.119. The summed E-state index contributed by atoms with van der Waals surface area (Å²) in [5.74, 6) is 1.95. The molecule has 6 nitrogen and oxygen atoms in total. The van der Waals surface area contributed by atoms with Gasteiger partial charge in [0.25, 0.3) is 0 Å². The Morgan fingerprint density at radius 1 is 1.11 bits per heavy atom. The van der Waals surface area contributed by atoms with Crippen LogP contribution in [-0.2, 0) is 16.1 Å². The first kappa shape index (κ1) is 18.3. The van der Waals surface area contributed by atoms with Crippen LogP contribution in [0.25, 0.3) is 21.8 Å². The van der Waals surface area contributed by atoms with Crippen molar-refractivity contribution in [1.29, 1.82) is 0 Å². The molecule has 0 saturated heterocycles. The number of ether oxygens (including phenoxy) is 1. The average molecular weight is 363 g/mol. The Hall–Kier alpha value is -3.46. The smallest absolute Gasteiger partial charge is 0.407 e. The molecule has 0 bridgehead atoms. The lowest BCUT2D eigenvalue weighted by Crippen LogP contribution is -2.45. The van der Waals surface area contributed by atoms with Gasteiger partial charge in [-0.2, -0.15) is 0 Å². The van der Waals surface area contributed by atoms with Crippen molar-refractivity contribution >= 4 is 33.8 Å². The fraction of sp³-hybridized carbons (Fsp3) is 0.238. The van der Waals surface area contributed by atoms with Crippen molar-refractivity contribution < 1.29 is 14.3 Å². The molecule has 1 atom stereocenters. The minimum Gasteiger partial charge on any atom is -0.448 e. The number of nitrogens with one attached hydrogen (secondary N) is 2. The number of rotatable bonds is 6. The summed E-state index contributed by atoms with van der Waals surface area (Å²) in [5, 5.41) is 7.33. The van der Waals surface area contributed by atoms with Crippen LogP contribution in [0, 0.1) is 12.3 Å². The first-order valence-electron chi connectivity index (χ1n) is 8.72. The molecule has 0 saturated carbocycles. The highest BCUT2D eigenvalue weighted by molar-refractivity contribution is 6.07. The maximum Gasteiger partial charge on any atom is 0.407 e. The van der Waals surface area contributed by atoms with Crippen molar-refractivity contribution in [3.05, 3.63) is 48.5 Å². The Kier molecular flexibility index (Phi) is 5.62. The molecule has 2 aromatic carbocycles. The van der Waals surface area contributed by atoms with E-state index in [1.54, 1.807) is 6.92 Å². The van der Waals surface area contributed by atoms with Crippen LogP contribution in [0.15, 0.2) is 48.5 Å². The molecule has 2 N–H and O–H groups in total. The maximum absolute atomic E-state index is 11.9. The van der Waals surface area contributed by atoms with Crippen LogP contribution >= 0.6 is 0 Å². The summed E-state index contributed by atoms with van der Waals surface area (Å²) in [4.78, 5) is 23.6. The van der Waals surface area contributed by atoms with E-state index in [4.69, 9.17) is 11.2 Å². The van der Waals surface area contributed by atoms with Crippen molar-refractivity contribution in [1.82, 2.24) is 15.2 Å². The lowest BCUT2D eigenvalue weighted by Gasteiger charge is -2.14. The highest BCUT2D eigenvalue weighted by Gasteiger charge is 2.16. The molecule has 3 aromatic rings. The number of fused-ring (bicyclic) bond motifs is 3. The van der Waals surface area contributed by atoms with Crippen molar-refractivity contribution in [3.63, 3.8) is 0 Å². The first-order chi connectivity index (χ1) is 13.1. The molecule has 0 aliphatic rings. The van der Waals surface area contributed by atoms with Gasteiger partial charge in [-0.05, 0) is 19.1 Å². The van der Waals surface area contributed by atoms with Gasteiger partial charge in [-0.25, -0.2) is 4.79 Å². The van der Waals surface area contributed by atoms with E-state index in [1.807, 2.05) is 36.4 Å².